The van der Waals surface area contributed by atoms with Crippen molar-refractivity contribution in [3.05, 3.63) is 76.5 Å². The van der Waals surface area contributed by atoms with E-state index in [9.17, 15) is 0 Å². The molecule has 1 atom stereocenters. The first-order valence-electron chi connectivity index (χ1n) is 10.3. The van der Waals surface area contributed by atoms with Gasteiger partial charge in [-0.25, -0.2) is 0 Å². The second-order valence-corrected chi connectivity index (χ2v) is 8.53. The number of benzene rings is 2. The molecule has 1 saturated heterocycles. The van der Waals surface area contributed by atoms with E-state index in [0.717, 1.165) is 47.0 Å². The van der Waals surface area contributed by atoms with Gasteiger partial charge in [0.25, 0.3) is 0 Å². The van der Waals surface area contributed by atoms with Gasteiger partial charge in [-0.15, -0.1) is 0 Å². The molecule has 2 aliphatic rings. The van der Waals surface area contributed by atoms with Crippen molar-refractivity contribution in [2.45, 2.75) is 25.4 Å². The maximum Gasteiger partial charge on any atom is 0.161 e. The maximum absolute atomic E-state index is 5.90. The van der Waals surface area contributed by atoms with Gasteiger partial charge in [-0.05, 0) is 76.8 Å². The molecule has 0 saturated carbocycles. The van der Waals surface area contributed by atoms with E-state index in [1.807, 2.05) is 24.3 Å². The molecular formula is C24H23BrN2O3. The van der Waals surface area contributed by atoms with E-state index in [2.05, 4.69) is 50.1 Å². The standard InChI is InChI=1S/C24H23BrN2O3/c25-19-13-21(15-26-14-19)30-20-6-3-17(4-7-20)16-27-9-1-2-22(27)18-5-8-23-24(12-18)29-11-10-28-23/h3-8,12-15,22H,1-2,9-11,16H2/t22-/m1/s1. The van der Waals surface area contributed by atoms with Crippen LogP contribution in [0.3, 0.4) is 0 Å². The third kappa shape index (κ3) is 4.30. The Balaban J connectivity index is 1.27. The van der Waals surface area contributed by atoms with Crippen molar-refractivity contribution in [3.8, 4) is 23.0 Å². The molecule has 0 radical (unpaired) electrons. The summed E-state index contributed by atoms with van der Waals surface area (Å²) in [6.07, 6.45) is 5.82. The van der Waals surface area contributed by atoms with Crippen LogP contribution in [0.2, 0.25) is 0 Å². The third-order valence-electron chi connectivity index (χ3n) is 5.54. The normalized spacial score (nSPS) is 18.4. The zero-order chi connectivity index (χ0) is 20.3. The molecular weight excluding hydrogens is 444 g/mol. The molecule has 6 heteroatoms. The molecule has 5 rings (SSSR count). The van der Waals surface area contributed by atoms with Crippen LogP contribution in [0, 0.1) is 0 Å². The fourth-order valence-electron chi connectivity index (χ4n) is 4.14. The molecule has 30 heavy (non-hydrogen) atoms. The Bertz CT molecular complexity index is 1030. The Morgan fingerprint density at radius 1 is 0.967 bits per heavy atom. The van der Waals surface area contributed by atoms with Crippen LogP contribution in [-0.4, -0.2) is 29.6 Å². The van der Waals surface area contributed by atoms with Crippen LogP contribution in [0.25, 0.3) is 0 Å². The zero-order valence-electron chi connectivity index (χ0n) is 16.6. The van der Waals surface area contributed by atoms with Crippen LogP contribution in [0.5, 0.6) is 23.0 Å². The molecule has 3 aromatic rings. The lowest BCUT2D eigenvalue weighted by Gasteiger charge is -2.26. The highest BCUT2D eigenvalue weighted by Crippen LogP contribution is 2.38. The zero-order valence-corrected chi connectivity index (χ0v) is 18.2. The molecule has 0 amide bonds. The molecule has 0 bridgehead atoms. The Morgan fingerprint density at radius 2 is 1.80 bits per heavy atom. The lowest BCUT2D eigenvalue weighted by molar-refractivity contribution is 0.170. The summed E-state index contributed by atoms with van der Waals surface area (Å²) in [6, 6.07) is 17.0. The first-order valence-corrected chi connectivity index (χ1v) is 11.0. The number of pyridine rings is 1. The van der Waals surface area contributed by atoms with E-state index in [4.69, 9.17) is 14.2 Å². The van der Waals surface area contributed by atoms with Crippen molar-refractivity contribution in [1.29, 1.82) is 0 Å². The van der Waals surface area contributed by atoms with E-state index >= 15 is 0 Å². The van der Waals surface area contributed by atoms with Crippen molar-refractivity contribution < 1.29 is 14.2 Å². The van der Waals surface area contributed by atoms with Gasteiger partial charge in [0.05, 0.1) is 6.20 Å². The smallest absolute Gasteiger partial charge is 0.161 e. The molecule has 0 N–H and O–H groups in total. The van der Waals surface area contributed by atoms with Crippen molar-refractivity contribution >= 4 is 15.9 Å². The number of hydrogen-bond acceptors (Lipinski definition) is 5. The largest absolute Gasteiger partial charge is 0.486 e. The molecule has 154 valence electrons. The summed E-state index contributed by atoms with van der Waals surface area (Å²) >= 11 is 3.42. The van der Waals surface area contributed by atoms with Crippen molar-refractivity contribution in [2.24, 2.45) is 0 Å². The van der Waals surface area contributed by atoms with E-state index in [-0.39, 0.29) is 0 Å². The van der Waals surface area contributed by atoms with E-state index in [1.165, 1.54) is 17.5 Å². The first kappa shape index (κ1) is 19.4. The average Bonchev–Trinajstić information content (AvgIpc) is 3.23. The SMILES string of the molecule is Brc1cncc(Oc2ccc(CN3CCC[C@@H]3c3ccc4c(c3)OCCO4)cc2)c1. The summed E-state index contributed by atoms with van der Waals surface area (Å²) in [5.41, 5.74) is 2.58. The van der Waals surface area contributed by atoms with Gasteiger partial charge in [0.1, 0.15) is 24.7 Å². The van der Waals surface area contributed by atoms with Crippen molar-refractivity contribution in [1.82, 2.24) is 9.88 Å². The summed E-state index contributed by atoms with van der Waals surface area (Å²) in [5, 5.41) is 0. The Hall–Kier alpha value is -2.57. The highest BCUT2D eigenvalue weighted by molar-refractivity contribution is 9.10. The predicted molar refractivity (Wildman–Crippen MR) is 118 cm³/mol. The number of nitrogens with zero attached hydrogens (tertiary/aromatic N) is 2. The quantitative estimate of drug-likeness (QED) is 0.479. The van der Waals surface area contributed by atoms with E-state index < -0.39 is 0 Å². The monoisotopic (exact) mass is 466 g/mol. The second-order valence-electron chi connectivity index (χ2n) is 7.62. The molecule has 2 aliphatic heterocycles. The van der Waals surface area contributed by atoms with Gasteiger partial charge in [0.15, 0.2) is 11.5 Å². The lowest BCUT2D eigenvalue weighted by atomic mass is 10.0. The highest BCUT2D eigenvalue weighted by Gasteiger charge is 2.27. The molecule has 1 aromatic heterocycles. The highest BCUT2D eigenvalue weighted by atomic mass is 79.9. The third-order valence-corrected chi connectivity index (χ3v) is 5.97. The number of ether oxygens (including phenoxy) is 3. The van der Waals surface area contributed by atoms with Crippen LogP contribution >= 0.6 is 15.9 Å². The molecule has 0 unspecified atom stereocenters. The summed E-state index contributed by atoms with van der Waals surface area (Å²) in [5.74, 6) is 3.25. The first-order chi connectivity index (χ1) is 14.7. The van der Waals surface area contributed by atoms with Gasteiger partial charge >= 0.3 is 0 Å². The van der Waals surface area contributed by atoms with Crippen LogP contribution in [0.4, 0.5) is 0 Å². The molecule has 3 heterocycles. The minimum absolute atomic E-state index is 0.407. The van der Waals surface area contributed by atoms with Crippen molar-refractivity contribution in [2.75, 3.05) is 19.8 Å². The molecule has 5 nitrogen and oxygen atoms in total. The van der Waals surface area contributed by atoms with Gasteiger partial charge in [-0.2, -0.15) is 0 Å². The fraction of sp³-hybridized carbons (Fsp3) is 0.292. The Kier molecular flexibility index (Phi) is 5.60. The van der Waals surface area contributed by atoms with Gasteiger partial charge < -0.3 is 14.2 Å². The summed E-state index contributed by atoms with van der Waals surface area (Å²) in [4.78, 5) is 6.68. The van der Waals surface area contributed by atoms with Crippen molar-refractivity contribution in [3.63, 3.8) is 0 Å². The Morgan fingerprint density at radius 3 is 2.63 bits per heavy atom. The second kappa shape index (κ2) is 8.66. The van der Waals surface area contributed by atoms with E-state index in [1.54, 1.807) is 12.4 Å². The predicted octanol–water partition coefficient (Wildman–Crippen LogP) is 5.74. The van der Waals surface area contributed by atoms with Crippen LogP contribution in [0.15, 0.2) is 65.4 Å². The van der Waals surface area contributed by atoms with Gasteiger partial charge in [0, 0.05) is 23.3 Å². The van der Waals surface area contributed by atoms with E-state index in [0.29, 0.717) is 19.3 Å². The van der Waals surface area contributed by atoms with Gasteiger partial charge in [-0.1, -0.05) is 18.2 Å². The van der Waals surface area contributed by atoms with Crippen LogP contribution in [-0.2, 0) is 6.54 Å². The summed E-state index contributed by atoms with van der Waals surface area (Å²) in [7, 11) is 0. The number of hydrogen-bond donors (Lipinski definition) is 0. The summed E-state index contributed by atoms with van der Waals surface area (Å²) in [6.45, 7) is 3.26. The molecule has 2 aromatic carbocycles. The fourth-order valence-corrected chi connectivity index (χ4v) is 4.49. The number of likely N-dealkylation sites (tertiary alicyclic amines) is 1. The molecule has 1 fully saturated rings. The van der Waals surface area contributed by atoms with Gasteiger partial charge in [0.2, 0.25) is 0 Å². The van der Waals surface area contributed by atoms with Crippen LogP contribution < -0.4 is 14.2 Å². The number of halogens is 1. The number of fused-ring (bicyclic) bond motifs is 1. The van der Waals surface area contributed by atoms with Crippen LogP contribution in [0.1, 0.15) is 30.0 Å². The lowest BCUT2D eigenvalue weighted by Crippen LogP contribution is -2.23. The number of aromatic nitrogens is 1. The molecule has 0 spiro atoms. The number of rotatable bonds is 5. The minimum Gasteiger partial charge on any atom is -0.486 e. The summed E-state index contributed by atoms with van der Waals surface area (Å²) < 4.78 is 18.2. The maximum atomic E-state index is 5.90. The minimum atomic E-state index is 0.407. The average molecular weight is 467 g/mol. The Labute approximate surface area is 184 Å². The molecule has 0 aliphatic carbocycles. The topological polar surface area (TPSA) is 43.8 Å². The van der Waals surface area contributed by atoms with Gasteiger partial charge in [-0.3, -0.25) is 9.88 Å².